The second kappa shape index (κ2) is 5.69. The van der Waals surface area contributed by atoms with Crippen LogP contribution in [0.2, 0.25) is 0 Å². The number of rotatable bonds is 4. The van der Waals surface area contributed by atoms with Crippen molar-refractivity contribution in [1.29, 1.82) is 0 Å². The number of fused-ring (bicyclic) bond motifs is 1. The van der Waals surface area contributed by atoms with Crippen molar-refractivity contribution in [2.75, 3.05) is 11.9 Å². The highest BCUT2D eigenvalue weighted by atomic mass is 16.5. The maximum Gasteiger partial charge on any atom is 0.145 e. The fraction of sp³-hybridized carbons (Fsp3) is 0.368. The van der Waals surface area contributed by atoms with Gasteiger partial charge in [-0.15, -0.1) is 0 Å². The van der Waals surface area contributed by atoms with Gasteiger partial charge in [0, 0.05) is 19.0 Å². The number of aldehydes is 1. The number of benzene rings is 1. The molecule has 0 fully saturated rings. The molecule has 4 heteroatoms. The SMILES string of the molecule is Cc1nc2c(c(C)c1OCc1ccccc1)CC(C)(C=O)N2C. The van der Waals surface area contributed by atoms with E-state index in [1.54, 1.807) is 0 Å². The Morgan fingerprint density at radius 3 is 2.65 bits per heavy atom. The number of pyridine rings is 1. The summed E-state index contributed by atoms with van der Waals surface area (Å²) in [5.74, 6) is 1.72. The maximum atomic E-state index is 11.5. The number of carbonyl (C=O) groups excluding carboxylic acids is 1. The molecule has 2 aromatic rings. The van der Waals surface area contributed by atoms with E-state index in [2.05, 4.69) is 6.92 Å². The predicted molar refractivity (Wildman–Crippen MR) is 91.1 cm³/mol. The number of nitrogens with zero attached hydrogens (tertiary/aromatic N) is 2. The Morgan fingerprint density at radius 1 is 1.30 bits per heavy atom. The van der Waals surface area contributed by atoms with Crippen molar-refractivity contribution < 1.29 is 9.53 Å². The smallest absolute Gasteiger partial charge is 0.145 e. The first kappa shape index (κ1) is 15.5. The van der Waals surface area contributed by atoms with Gasteiger partial charge in [0.15, 0.2) is 0 Å². The first-order valence-corrected chi connectivity index (χ1v) is 7.83. The third-order valence-corrected chi connectivity index (χ3v) is 4.76. The lowest BCUT2D eigenvalue weighted by atomic mass is 9.96. The zero-order valence-corrected chi connectivity index (χ0v) is 14.1. The number of aromatic nitrogens is 1. The van der Waals surface area contributed by atoms with E-state index in [4.69, 9.17) is 9.72 Å². The van der Waals surface area contributed by atoms with Gasteiger partial charge in [-0.3, -0.25) is 0 Å². The molecule has 0 aliphatic carbocycles. The normalized spacial score (nSPS) is 19.6. The van der Waals surface area contributed by atoms with Crippen molar-refractivity contribution in [2.24, 2.45) is 0 Å². The van der Waals surface area contributed by atoms with Crippen LogP contribution in [0.25, 0.3) is 0 Å². The quantitative estimate of drug-likeness (QED) is 0.813. The van der Waals surface area contributed by atoms with Gasteiger partial charge in [-0.25, -0.2) is 4.98 Å². The van der Waals surface area contributed by atoms with E-state index in [1.807, 2.05) is 56.1 Å². The first-order chi connectivity index (χ1) is 11.0. The van der Waals surface area contributed by atoms with Crippen molar-refractivity contribution in [2.45, 2.75) is 39.3 Å². The standard InChI is InChI=1S/C19H22N2O2/c1-13-16-10-19(3,12-22)21(4)18(16)20-14(2)17(13)23-11-15-8-6-5-7-9-15/h5-9,12H,10-11H2,1-4H3. The van der Waals surface area contributed by atoms with E-state index in [0.717, 1.165) is 40.2 Å². The summed E-state index contributed by atoms with van der Waals surface area (Å²) in [6.07, 6.45) is 1.68. The number of ether oxygens (including phenoxy) is 1. The highest BCUT2D eigenvalue weighted by molar-refractivity contribution is 5.77. The molecular weight excluding hydrogens is 288 g/mol. The molecule has 0 radical (unpaired) electrons. The molecular formula is C19H22N2O2. The molecule has 1 aliphatic heterocycles. The topological polar surface area (TPSA) is 42.4 Å². The molecule has 1 unspecified atom stereocenters. The minimum Gasteiger partial charge on any atom is -0.487 e. The molecule has 0 N–H and O–H groups in total. The Balaban J connectivity index is 1.93. The predicted octanol–water partition coefficient (Wildman–Crippen LogP) is 3.23. The number of likely N-dealkylation sites (N-methyl/N-ethyl adjacent to an activating group) is 1. The zero-order valence-electron chi connectivity index (χ0n) is 14.1. The van der Waals surface area contributed by atoms with Gasteiger partial charge in [-0.05, 0) is 31.9 Å². The average molecular weight is 310 g/mol. The van der Waals surface area contributed by atoms with E-state index < -0.39 is 5.54 Å². The lowest BCUT2D eigenvalue weighted by Gasteiger charge is -2.27. The van der Waals surface area contributed by atoms with E-state index in [1.165, 1.54) is 0 Å². The Hall–Kier alpha value is -2.36. The molecule has 0 spiro atoms. The minimum absolute atomic E-state index is 0.518. The van der Waals surface area contributed by atoms with Crippen LogP contribution in [0.4, 0.5) is 5.82 Å². The van der Waals surface area contributed by atoms with Gasteiger partial charge in [0.25, 0.3) is 0 Å². The van der Waals surface area contributed by atoms with E-state index in [0.29, 0.717) is 13.0 Å². The van der Waals surface area contributed by atoms with Gasteiger partial charge >= 0.3 is 0 Å². The zero-order chi connectivity index (χ0) is 16.6. The number of aryl methyl sites for hydroxylation is 1. The van der Waals surface area contributed by atoms with E-state index in [-0.39, 0.29) is 0 Å². The molecule has 0 amide bonds. The molecule has 1 aromatic carbocycles. The average Bonchev–Trinajstić information content (AvgIpc) is 2.81. The lowest BCUT2D eigenvalue weighted by Crippen LogP contribution is -2.43. The van der Waals surface area contributed by atoms with Crippen LogP contribution in [0.3, 0.4) is 0 Å². The van der Waals surface area contributed by atoms with Crippen LogP contribution in [0, 0.1) is 13.8 Å². The second-order valence-corrected chi connectivity index (χ2v) is 6.44. The summed E-state index contributed by atoms with van der Waals surface area (Å²) in [6, 6.07) is 10.1. The van der Waals surface area contributed by atoms with Gasteiger partial charge in [0.2, 0.25) is 0 Å². The summed E-state index contributed by atoms with van der Waals surface area (Å²) in [5, 5.41) is 0. The molecule has 4 nitrogen and oxygen atoms in total. The molecule has 120 valence electrons. The van der Waals surface area contributed by atoms with Gasteiger partial charge in [0.1, 0.15) is 24.5 Å². The molecule has 1 atom stereocenters. The number of hydrogen-bond donors (Lipinski definition) is 0. The van der Waals surface area contributed by atoms with Crippen LogP contribution in [0.15, 0.2) is 30.3 Å². The summed E-state index contributed by atoms with van der Waals surface area (Å²) in [5.41, 5.74) is 3.65. The maximum absolute atomic E-state index is 11.5. The monoisotopic (exact) mass is 310 g/mol. The number of anilines is 1. The van der Waals surface area contributed by atoms with Crippen LogP contribution in [-0.2, 0) is 17.8 Å². The summed E-state index contributed by atoms with van der Waals surface area (Å²) in [6.45, 7) is 6.47. The van der Waals surface area contributed by atoms with Gasteiger partial charge in [0.05, 0.1) is 11.2 Å². The third kappa shape index (κ3) is 2.58. The molecule has 23 heavy (non-hydrogen) atoms. The fourth-order valence-corrected chi connectivity index (χ4v) is 3.12. The van der Waals surface area contributed by atoms with Gasteiger partial charge < -0.3 is 14.4 Å². The van der Waals surface area contributed by atoms with Crippen molar-refractivity contribution in [3.8, 4) is 5.75 Å². The van der Waals surface area contributed by atoms with Crippen molar-refractivity contribution >= 4 is 12.1 Å². The van der Waals surface area contributed by atoms with Crippen LogP contribution < -0.4 is 9.64 Å². The number of carbonyl (C=O) groups is 1. The Morgan fingerprint density at radius 2 is 2.00 bits per heavy atom. The minimum atomic E-state index is -0.523. The Kier molecular flexibility index (Phi) is 3.84. The molecule has 2 heterocycles. The van der Waals surface area contributed by atoms with Crippen LogP contribution in [-0.4, -0.2) is 23.9 Å². The Labute approximate surface area is 137 Å². The first-order valence-electron chi connectivity index (χ1n) is 7.83. The molecule has 0 saturated carbocycles. The molecule has 0 bridgehead atoms. The molecule has 1 aliphatic rings. The van der Waals surface area contributed by atoms with Gasteiger partial charge in [-0.2, -0.15) is 0 Å². The molecule has 3 rings (SSSR count). The van der Waals surface area contributed by atoms with Crippen molar-refractivity contribution in [3.05, 3.63) is 52.7 Å². The lowest BCUT2D eigenvalue weighted by molar-refractivity contribution is -0.111. The number of hydrogen-bond acceptors (Lipinski definition) is 4. The van der Waals surface area contributed by atoms with Crippen molar-refractivity contribution in [3.63, 3.8) is 0 Å². The molecule has 1 aromatic heterocycles. The van der Waals surface area contributed by atoms with Crippen LogP contribution in [0.1, 0.15) is 29.3 Å². The third-order valence-electron chi connectivity index (χ3n) is 4.76. The second-order valence-electron chi connectivity index (χ2n) is 6.44. The van der Waals surface area contributed by atoms with Crippen molar-refractivity contribution in [1.82, 2.24) is 4.98 Å². The summed E-state index contributed by atoms with van der Waals surface area (Å²) < 4.78 is 6.05. The molecule has 0 saturated heterocycles. The Bertz CT molecular complexity index is 743. The van der Waals surface area contributed by atoms with Crippen LogP contribution >= 0.6 is 0 Å². The fourth-order valence-electron chi connectivity index (χ4n) is 3.12. The van der Waals surface area contributed by atoms with E-state index in [9.17, 15) is 4.79 Å². The summed E-state index contributed by atoms with van der Waals surface area (Å²) in [7, 11) is 1.93. The highest BCUT2D eigenvalue weighted by Gasteiger charge is 2.40. The largest absolute Gasteiger partial charge is 0.487 e. The van der Waals surface area contributed by atoms with Crippen LogP contribution in [0.5, 0.6) is 5.75 Å². The summed E-state index contributed by atoms with van der Waals surface area (Å²) >= 11 is 0. The summed E-state index contributed by atoms with van der Waals surface area (Å²) in [4.78, 5) is 18.2. The van der Waals surface area contributed by atoms with Gasteiger partial charge in [-0.1, -0.05) is 30.3 Å². The van der Waals surface area contributed by atoms with E-state index >= 15 is 0 Å². The highest BCUT2D eigenvalue weighted by Crippen LogP contribution is 2.41.